The van der Waals surface area contributed by atoms with E-state index < -0.39 is 28.8 Å². The Labute approximate surface area is 252 Å². The molecule has 2 amide bonds. The third-order valence-corrected chi connectivity index (χ3v) is 8.25. The predicted molar refractivity (Wildman–Crippen MR) is 164 cm³/mol. The number of pyridine rings is 1. The van der Waals surface area contributed by atoms with E-state index in [9.17, 15) is 14.4 Å². The van der Waals surface area contributed by atoms with Crippen LogP contribution in [-0.2, 0) is 9.47 Å². The van der Waals surface area contributed by atoms with Gasteiger partial charge in [-0.25, -0.2) is 9.18 Å². The normalized spacial score (nSPS) is 17.9. The van der Waals surface area contributed by atoms with Crippen molar-refractivity contribution in [1.29, 1.82) is 0 Å². The Balaban J connectivity index is 1.34. The number of likely N-dealkylation sites (tertiary alicyclic amines) is 1. The molecule has 2 saturated heterocycles. The fourth-order valence-corrected chi connectivity index (χ4v) is 6.27. The maximum atomic E-state index is 16.0. The lowest BCUT2D eigenvalue weighted by molar-refractivity contribution is 0.0502. The maximum Gasteiger partial charge on any atom is 0.407 e. The van der Waals surface area contributed by atoms with Gasteiger partial charge in [0.15, 0.2) is 17.3 Å². The highest BCUT2D eigenvalue weighted by molar-refractivity contribution is 6.03. The average Bonchev–Trinajstić information content (AvgIpc) is 3.45. The molecule has 0 spiro atoms. The van der Waals surface area contributed by atoms with Crippen LogP contribution in [0.1, 0.15) is 37.6 Å². The number of fused-ring (bicyclic) bond motifs is 4. The SMILES string of the molecule is CC(C)(C)OC(=O)N[C@@H]1CCN(C(=O)c2cn3c4c(c(N5CCOCC5)c(F)cc4c2=O)Oc2c-3ccc3ccccc23)C1. The average molecular weight is 601 g/mol. The number of morpholine rings is 1. The molecule has 0 radical (unpaired) electrons. The summed E-state index contributed by atoms with van der Waals surface area (Å²) in [4.78, 5) is 43.6. The van der Waals surface area contributed by atoms with Crippen LogP contribution in [0, 0.1) is 5.82 Å². The summed E-state index contributed by atoms with van der Waals surface area (Å²) in [7, 11) is 0. The van der Waals surface area contributed by atoms with Crippen molar-refractivity contribution in [2.45, 2.75) is 38.8 Å². The molecule has 11 heteroatoms. The minimum atomic E-state index is -0.652. The Morgan fingerprint density at radius 3 is 2.57 bits per heavy atom. The van der Waals surface area contributed by atoms with Crippen LogP contribution in [-0.4, -0.2) is 72.5 Å². The van der Waals surface area contributed by atoms with Crippen molar-refractivity contribution < 1.29 is 28.2 Å². The molecule has 228 valence electrons. The lowest BCUT2D eigenvalue weighted by Crippen LogP contribution is -2.41. The van der Waals surface area contributed by atoms with E-state index in [1.54, 1.807) is 31.5 Å². The van der Waals surface area contributed by atoms with Gasteiger partial charge in [-0.2, -0.15) is 0 Å². The van der Waals surface area contributed by atoms with Crippen molar-refractivity contribution in [3.05, 3.63) is 70.3 Å². The number of anilines is 1. The highest BCUT2D eigenvalue weighted by atomic mass is 19.1. The Hall–Kier alpha value is -4.64. The summed E-state index contributed by atoms with van der Waals surface area (Å²) in [5.41, 5.74) is -0.00120. The summed E-state index contributed by atoms with van der Waals surface area (Å²) >= 11 is 0. The van der Waals surface area contributed by atoms with Gasteiger partial charge in [-0.15, -0.1) is 0 Å². The molecule has 10 nitrogen and oxygen atoms in total. The van der Waals surface area contributed by atoms with Crippen LogP contribution in [0.4, 0.5) is 14.9 Å². The number of rotatable bonds is 3. The third-order valence-electron chi connectivity index (χ3n) is 8.25. The van der Waals surface area contributed by atoms with E-state index in [-0.39, 0.29) is 35.0 Å². The van der Waals surface area contributed by atoms with Crippen LogP contribution < -0.4 is 20.4 Å². The minimum absolute atomic E-state index is 0.0572. The van der Waals surface area contributed by atoms with E-state index in [2.05, 4.69) is 5.32 Å². The molecule has 4 heterocycles. The van der Waals surface area contributed by atoms with E-state index in [1.165, 1.54) is 11.0 Å². The Bertz CT molecular complexity index is 1890. The van der Waals surface area contributed by atoms with Crippen LogP contribution in [0.3, 0.4) is 0 Å². The number of carbonyl (C=O) groups excluding carboxylic acids is 2. The van der Waals surface area contributed by atoms with Gasteiger partial charge in [-0.3, -0.25) is 9.59 Å². The van der Waals surface area contributed by atoms with Crippen molar-refractivity contribution in [2.75, 3.05) is 44.3 Å². The minimum Gasteiger partial charge on any atom is -0.450 e. The van der Waals surface area contributed by atoms with E-state index in [0.717, 1.165) is 10.8 Å². The van der Waals surface area contributed by atoms with Crippen molar-refractivity contribution in [1.82, 2.24) is 14.8 Å². The molecule has 1 aromatic heterocycles. The van der Waals surface area contributed by atoms with Gasteiger partial charge in [0.1, 0.15) is 22.4 Å². The molecule has 1 atom stereocenters. The van der Waals surface area contributed by atoms with Gasteiger partial charge in [0, 0.05) is 37.8 Å². The summed E-state index contributed by atoms with van der Waals surface area (Å²) in [6.07, 6.45) is 1.49. The molecule has 0 bridgehead atoms. The number of hydrogen-bond acceptors (Lipinski definition) is 7. The van der Waals surface area contributed by atoms with Crippen molar-refractivity contribution in [2.24, 2.45) is 0 Å². The Morgan fingerprint density at radius 1 is 1.02 bits per heavy atom. The standard InChI is InChI=1S/C33H33FN4O6/c1-33(2,3)44-32(41)35-20-10-11-37(17-20)31(40)23-18-38-25-9-8-19-6-4-5-7-21(19)29(25)43-30-26(38)22(28(23)39)16-24(34)27(30)36-12-14-42-15-13-36/h4-9,16,18,20H,10-15,17H2,1-3H3,(H,35,41)/t20-/m1/s1. The van der Waals surface area contributed by atoms with Crippen LogP contribution in [0.25, 0.3) is 27.4 Å². The highest BCUT2D eigenvalue weighted by Gasteiger charge is 2.35. The van der Waals surface area contributed by atoms with E-state index in [4.69, 9.17) is 14.2 Å². The first-order valence-corrected chi connectivity index (χ1v) is 14.8. The fourth-order valence-electron chi connectivity index (χ4n) is 6.27. The number of carbonyl (C=O) groups is 2. The van der Waals surface area contributed by atoms with E-state index in [0.29, 0.717) is 56.2 Å². The summed E-state index contributed by atoms with van der Waals surface area (Å²) in [5.74, 6) is -0.331. The Kier molecular flexibility index (Phi) is 6.73. The number of ether oxygens (including phenoxy) is 3. The van der Waals surface area contributed by atoms with Gasteiger partial charge in [-0.05, 0) is 44.7 Å². The number of aromatic nitrogens is 1. The van der Waals surface area contributed by atoms with Gasteiger partial charge in [0.2, 0.25) is 5.43 Å². The summed E-state index contributed by atoms with van der Waals surface area (Å²) in [6, 6.07) is 12.5. The maximum absolute atomic E-state index is 16.0. The first-order valence-electron chi connectivity index (χ1n) is 14.8. The molecule has 7 rings (SSSR count). The van der Waals surface area contributed by atoms with E-state index in [1.807, 2.05) is 41.3 Å². The number of benzene rings is 3. The zero-order chi connectivity index (χ0) is 30.7. The van der Waals surface area contributed by atoms with Crippen LogP contribution in [0.15, 0.2) is 53.5 Å². The molecule has 4 aromatic rings. The number of nitrogens with zero attached hydrogens (tertiary/aromatic N) is 3. The quantitative estimate of drug-likeness (QED) is 0.312. The van der Waals surface area contributed by atoms with Crippen molar-refractivity contribution >= 4 is 39.4 Å². The predicted octanol–water partition coefficient (Wildman–Crippen LogP) is 4.96. The molecule has 3 aliphatic rings. The third kappa shape index (κ3) is 4.81. The second-order valence-electron chi connectivity index (χ2n) is 12.4. The van der Waals surface area contributed by atoms with E-state index >= 15 is 4.39 Å². The molecule has 0 unspecified atom stereocenters. The topological polar surface area (TPSA) is 102 Å². The van der Waals surface area contributed by atoms with Crippen molar-refractivity contribution in [3.8, 4) is 17.2 Å². The van der Waals surface area contributed by atoms with Crippen LogP contribution >= 0.6 is 0 Å². The summed E-state index contributed by atoms with van der Waals surface area (Å²) < 4.78 is 35.2. The van der Waals surface area contributed by atoms with Gasteiger partial charge in [0.05, 0.1) is 30.3 Å². The number of alkyl carbamates (subject to hydrolysis) is 1. The number of hydrogen-bond donors (Lipinski definition) is 1. The van der Waals surface area contributed by atoms with Crippen LogP contribution in [0.5, 0.6) is 11.5 Å². The van der Waals surface area contributed by atoms with Gasteiger partial charge >= 0.3 is 6.09 Å². The van der Waals surface area contributed by atoms with Gasteiger partial charge in [0.25, 0.3) is 5.91 Å². The van der Waals surface area contributed by atoms with Gasteiger partial charge < -0.3 is 33.9 Å². The fraction of sp³-hybridized carbons (Fsp3) is 0.364. The molecule has 3 aliphatic heterocycles. The van der Waals surface area contributed by atoms with Crippen LogP contribution in [0.2, 0.25) is 0 Å². The first-order chi connectivity index (χ1) is 21.1. The molecule has 0 saturated carbocycles. The first kappa shape index (κ1) is 28.1. The number of amides is 2. The second-order valence-corrected chi connectivity index (χ2v) is 12.4. The smallest absolute Gasteiger partial charge is 0.407 e. The molecule has 44 heavy (non-hydrogen) atoms. The molecular formula is C33H33FN4O6. The summed E-state index contributed by atoms with van der Waals surface area (Å²) in [5, 5.41) is 4.63. The zero-order valence-corrected chi connectivity index (χ0v) is 24.8. The zero-order valence-electron chi connectivity index (χ0n) is 24.8. The monoisotopic (exact) mass is 600 g/mol. The number of halogens is 1. The molecule has 1 N–H and O–H groups in total. The van der Waals surface area contributed by atoms with Gasteiger partial charge in [-0.1, -0.05) is 30.3 Å². The second kappa shape index (κ2) is 10.5. The lowest BCUT2D eigenvalue weighted by Gasteiger charge is -2.33. The molecular weight excluding hydrogens is 567 g/mol. The number of nitrogens with one attached hydrogen (secondary N) is 1. The Morgan fingerprint density at radius 2 is 1.80 bits per heavy atom. The highest BCUT2D eigenvalue weighted by Crippen LogP contribution is 2.48. The molecule has 0 aliphatic carbocycles. The lowest BCUT2D eigenvalue weighted by atomic mass is 10.0. The molecule has 3 aromatic carbocycles. The summed E-state index contributed by atoms with van der Waals surface area (Å²) in [6.45, 7) is 7.71. The van der Waals surface area contributed by atoms with Crippen molar-refractivity contribution in [3.63, 3.8) is 0 Å². The largest absolute Gasteiger partial charge is 0.450 e. The molecule has 2 fully saturated rings.